The Morgan fingerprint density at radius 2 is 2.33 bits per heavy atom. The average Bonchev–Trinajstić information content (AvgIpc) is 3.01. The summed E-state index contributed by atoms with van der Waals surface area (Å²) >= 11 is 0. The number of carbonyl (C=O) groups is 1. The van der Waals surface area contributed by atoms with Crippen molar-refractivity contribution in [2.24, 2.45) is 0 Å². The third-order valence-corrected chi connectivity index (χ3v) is 3.89. The molecule has 2 saturated heterocycles. The predicted octanol–water partition coefficient (Wildman–Crippen LogP) is 0.852. The lowest BCUT2D eigenvalue weighted by atomic mass is 10.1. The van der Waals surface area contributed by atoms with Crippen LogP contribution in [0.3, 0.4) is 0 Å². The first-order chi connectivity index (χ1) is 8.77. The van der Waals surface area contributed by atoms with Crippen molar-refractivity contribution in [1.29, 1.82) is 0 Å². The molecule has 96 valence electrons. The number of carbonyl (C=O) groups excluding carboxylic acids is 1. The third-order valence-electron chi connectivity index (χ3n) is 3.89. The van der Waals surface area contributed by atoms with Gasteiger partial charge in [0.15, 0.2) is 0 Å². The third kappa shape index (κ3) is 1.84. The second-order valence-electron chi connectivity index (χ2n) is 4.96. The molecule has 2 atom stereocenters. The van der Waals surface area contributed by atoms with Crippen LogP contribution in [-0.2, 0) is 0 Å². The predicted molar refractivity (Wildman–Crippen MR) is 68.1 cm³/mol. The minimum absolute atomic E-state index is 0.0827. The van der Waals surface area contributed by atoms with Gasteiger partial charge < -0.3 is 15.1 Å². The smallest absolute Gasteiger partial charge is 0.318 e. The standard InChI is InChI=1S/C13H18N4O/c1-16-12(11-4-2-3-6-15-11)9-17(13(16)18)10-5-7-14-8-10/h2-4,6,10,12,14H,5,7-9H2,1H3. The lowest BCUT2D eigenvalue weighted by Gasteiger charge is -2.22. The zero-order valence-corrected chi connectivity index (χ0v) is 10.5. The quantitative estimate of drug-likeness (QED) is 0.841. The molecule has 18 heavy (non-hydrogen) atoms. The molecule has 2 aliphatic heterocycles. The number of amides is 2. The molecule has 0 saturated carbocycles. The molecule has 0 radical (unpaired) electrons. The van der Waals surface area contributed by atoms with Gasteiger partial charge in [-0.25, -0.2) is 4.79 Å². The number of aromatic nitrogens is 1. The van der Waals surface area contributed by atoms with Crippen molar-refractivity contribution in [1.82, 2.24) is 20.1 Å². The molecule has 5 nitrogen and oxygen atoms in total. The van der Waals surface area contributed by atoms with Crippen molar-refractivity contribution in [2.75, 3.05) is 26.7 Å². The van der Waals surface area contributed by atoms with Crippen LogP contribution in [0.5, 0.6) is 0 Å². The molecule has 1 aromatic rings. The van der Waals surface area contributed by atoms with Gasteiger partial charge in [0, 0.05) is 32.4 Å². The van der Waals surface area contributed by atoms with E-state index in [9.17, 15) is 4.79 Å². The maximum Gasteiger partial charge on any atom is 0.320 e. The highest BCUT2D eigenvalue weighted by Gasteiger charge is 2.40. The number of likely N-dealkylation sites (N-methyl/N-ethyl adjacent to an activating group) is 1. The number of rotatable bonds is 2. The van der Waals surface area contributed by atoms with Gasteiger partial charge in [-0.2, -0.15) is 0 Å². The van der Waals surface area contributed by atoms with Gasteiger partial charge in [0.25, 0.3) is 0 Å². The maximum absolute atomic E-state index is 12.3. The number of hydrogen-bond acceptors (Lipinski definition) is 3. The van der Waals surface area contributed by atoms with E-state index in [0.29, 0.717) is 6.04 Å². The molecule has 0 bridgehead atoms. The molecule has 2 fully saturated rings. The zero-order valence-electron chi connectivity index (χ0n) is 10.5. The summed E-state index contributed by atoms with van der Waals surface area (Å²) in [7, 11) is 1.87. The fourth-order valence-corrected chi connectivity index (χ4v) is 2.80. The fraction of sp³-hybridized carbons (Fsp3) is 0.538. The molecule has 1 N–H and O–H groups in total. The highest BCUT2D eigenvalue weighted by Crippen LogP contribution is 2.29. The SMILES string of the molecule is CN1C(=O)N(C2CCNC2)CC1c1ccccn1. The van der Waals surface area contributed by atoms with Crippen LogP contribution in [0.4, 0.5) is 4.79 Å². The molecule has 0 aromatic carbocycles. The van der Waals surface area contributed by atoms with Gasteiger partial charge in [-0.05, 0) is 25.1 Å². The van der Waals surface area contributed by atoms with Crippen LogP contribution in [0.2, 0.25) is 0 Å². The van der Waals surface area contributed by atoms with Crippen LogP contribution in [0, 0.1) is 0 Å². The number of nitrogens with zero attached hydrogens (tertiary/aromatic N) is 3. The van der Waals surface area contributed by atoms with E-state index in [-0.39, 0.29) is 12.1 Å². The Hall–Kier alpha value is -1.62. The average molecular weight is 246 g/mol. The summed E-state index contributed by atoms with van der Waals surface area (Å²) in [6.45, 7) is 2.67. The Bertz CT molecular complexity index is 430. The van der Waals surface area contributed by atoms with Gasteiger partial charge in [-0.1, -0.05) is 6.07 Å². The van der Waals surface area contributed by atoms with Crippen molar-refractivity contribution >= 4 is 6.03 Å². The lowest BCUT2D eigenvalue weighted by molar-refractivity contribution is 0.184. The Balaban J connectivity index is 1.80. The molecule has 3 rings (SSSR count). The first-order valence-electron chi connectivity index (χ1n) is 6.42. The minimum atomic E-state index is 0.0827. The maximum atomic E-state index is 12.3. The second-order valence-corrected chi connectivity index (χ2v) is 4.96. The summed E-state index contributed by atoms with van der Waals surface area (Å²) in [5.74, 6) is 0. The molecular weight excluding hydrogens is 228 g/mol. The van der Waals surface area contributed by atoms with Gasteiger partial charge in [0.1, 0.15) is 0 Å². The summed E-state index contributed by atoms with van der Waals surface area (Å²) < 4.78 is 0. The lowest BCUT2D eigenvalue weighted by Crippen LogP contribution is -2.39. The summed E-state index contributed by atoms with van der Waals surface area (Å²) in [5, 5.41) is 3.31. The Morgan fingerprint density at radius 3 is 3.00 bits per heavy atom. The number of pyridine rings is 1. The number of hydrogen-bond donors (Lipinski definition) is 1. The summed E-state index contributed by atoms with van der Waals surface area (Å²) in [6, 6.07) is 6.41. The van der Waals surface area contributed by atoms with Gasteiger partial charge in [0.05, 0.1) is 11.7 Å². The normalized spacial score (nSPS) is 28.2. The van der Waals surface area contributed by atoms with Gasteiger partial charge in [-0.15, -0.1) is 0 Å². The van der Waals surface area contributed by atoms with Crippen molar-refractivity contribution < 1.29 is 4.79 Å². The molecule has 2 unspecified atom stereocenters. The van der Waals surface area contributed by atoms with Crippen LogP contribution < -0.4 is 5.32 Å². The molecule has 0 spiro atoms. The van der Waals surface area contributed by atoms with Crippen LogP contribution in [0.1, 0.15) is 18.2 Å². The van der Waals surface area contributed by atoms with E-state index in [1.165, 1.54) is 0 Å². The van der Waals surface area contributed by atoms with E-state index in [1.807, 2.05) is 30.1 Å². The molecule has 5 heteroatoms. The van der Waals surface area contributed by atoms with Crippen molar-refractivity contribution in [3.8, 4) is 0 Å². The van der Waals surface area contributed by atoms with Gasteiger partial charge >= 0.3 is 6.03 Å². The van der Waals surface area contributed by atoms with Crippen molar-refractivity contribution in [2.45, 2.75) is 18.5 Å². The minimum Gasteiger partial charge on any atom is -0.318 e. The van der Waals surface area contributed by atoms with Crippen molar-refractivity contribution in [3.05, 3.63) is 30.1 Å². The van der Waals surface area contributed by atoms with E-state index in [0.717, 1.165) is 31.7 Å². The van der Waals surface area contributed by atoms with Crippen LogP contribution in [-0.4, -0.2) is 53.5 Å². The number of urea groups is 1. The Labute approximate surface area is 107 Å². The highest BCUT2D eigenvalue weighted by molar-refractivity contribution is 5.77. The fourth-order valence-electron chi connectivity index (χ4n) is 2.80. The molecule has 0 aliphatic carbocycles. The summed E-state index contributed by atoms with van der Waals surface area (Å²) in [4.78, 5) is 20.4. The number of nitrogens with one attached hydrogen (secondary N) is 1. The molecule has 2 aliphatic rings. The van der Waals surface area contributed by atoms with E-state index < -0.39 is 0 Å². The van der Waals surface area contributed by atoms with Crippen molar-refractivity contribution in [3.63, 3.8) is 0 Å². The van der Waals surface area contributed by atoms with Gasteiger partial charge in [0.2, 0.25) is 0 Å². The molecule has 1 aromatic heterocycles. The van der Waals surface area contributed by atoms with E-state index in [4.69, 9.17) is 0 Å². The van der Waals surface area contributed by atoms with E-state index in [1.54, 1.807) is 11.1 Å². The zero-order chi connectivity index (χ0) is 12.5. The Morgan fingerprint density at radius 1 is 1.44 bits per heavy atom. The first kappa shape index (κ1) is 11.5. The summed E-state index contributed by atoms with van der Waals surface area (Å²) in [6.07, 6.45) is 2.84. The van der Waals surface area contributed by atoms with Crippen LogP contribution >= 0.6 is 0 Å². The first-order valence-corrected chi connectivity index (χ1v) is 6.42. The van der Waals surface area contributed by atoms with Gasteiger partial charge in [-0.3, -0.25) is 4.98 Å². The molecule has 3 heterocycles. The van der Waals surface area contributed by atoms with E-state index in [2.05, 4.69) is 10.3 Å². The monoisotopic (exact) mass is 246 g/mol. The topological polar surface area (TPSA) is 48.5 Å². The summed E-state index contributed by atoms with van der Waals surface area (Å²) in [5.41, 5.74) is 0.974. The largest absolute Gasteiger partial charge is 0.320 e. The highest BCUT2D eigenvalue weighted by atomic mass is 16.2. The molecular formula is C13H18N4O. The van der Waals surface area contributed by atoms with Crippen LogP contribution in [0.25, 0.3) is 0 Å². The van der Waals surface area contributed by atoms with Crippen LogP contribution in [0.15, 0.2) is 24.4 Å². The molecule has 2 amide bonds. The van der Waals surface area contributed by atoms with E-state index >= 15 is 0 Å². The second kappa shape index (κ2) is 4.57. The Kier molecular flexibility index (Phi) is 2.91.